The van der Waals surface area contributed by atoms with Crippen molar-refractivity contribution in [3.63, 3.8) is 0 Å². The summed E-state index contributed by atoms with van der Waals surface area (Å²) in [6.45, 7) is 1.44. The van der Waals surface area contributed by atoms with Crippen LogP contribution in [0.5, 0.6) is 0 Å². The highest BCUT2D eigenvalue weighted by atomic mass is 32.2. The quantitative estimate of drug-likeness (QED) is 0.724. The Bertz CT molecular complexity index is 568. The predicted molar refractivity (Wildman–Crippen MR) is 66.9 cm³/mol. The number of hydrogen-bond acceptors (Lipinski definition) is 4. The van der Waals surface area contributed by atoms with E-state index in [1.807, 2.05) is 6.07 Å². The number of sulfonamides is 1. The summed E-state index contributed by atoms with van der Waals surface area (Å²) in [6, 6.07) is 5.36. The van der Waals surface area contributed by atoms with Gasteiger partial charge in [0.25, 0.3) is 0 Å². The first-order chi connectivity index (χ1) is 8.48. The molecule has 1 aliphatic rings. The smallest absolute Gasteiger partial charge is 0.320 e. The monoisotopic (exact) mass is 270 g/mol. The van der Waals surface area contributed by atoms with Gasteiger partial charge in [-0.05, 0) is 30.2 Å². The van der Waals surface area contributed by atoms with E-state index in [2.05, 4.69) is 10.0 Å². The number of carboxylic acids is 1. The molecule has 1 aliphatic heterocycles. The van der Waals surface area contributed by atoms with E-state index in [1.54, 1.807) is 12.1 Å². The van der Waals surface area contributed by atoms with Crippen molar-refractivity contribution in [3.8, 4) is 0 Å². The topological polar surface area (TPSA) is 95.5 Å². The maximum Gasteiger partial charge on any atom is 0.320 e. The van der Waals surface area contributed by atoms with Crippen LogP contribution in [0.1, 0.15) is 11.1 Å². The van der Waals surface area contributed by atoms with E-state index >= 15 is 0 Å². The molecule has 18 heavy (non-hydrogen) atoms. The van der Waals surface area contributed by atoms with Gasteiger partial charge in [-0.3, -0.25) is 9.52 Å². The van der Waals surface area contributed by atoms with Gasteiger partial charge < -0.3 is 10.4 Å². The van der Waals surface area contributed by atoms with Gasteiger partial charge in [0.15, 0.2) is 5.75 Å². The molecule has 0 spiro atoms. The molecule has 0 bridgehead atoms. The molecule has 0 atom stereocenters. The Balaban J connectivity index is 2.27. The minimum atomic E-state index is -3.84. The number of hydrogen-bond donors (Lipinski definition) is 3. The lowest BCUT2D eigenvalue weighted by Crippen LogP contribution is -2.27. The Morgan fingerprint density at radius 1 is 1.44 bits per heavy atom. The minimum absolute atomic E-state index is 0.459. The largest absolute Gasteiger partial charge is 0.480 e. The molecule has 0 unspecified atom stereocenters. The molecular weight excluding hydrogens is 256 g/mol. The number of carbonyl (C=O) groups is 1. The zero-order valence-electron chi connectivity index (χ0n) is 9.64. The van der Waals surface area contributed by atoms with E-state index in [0.29, 0.717) is 12.2 Å². The van der Waals surface area contributed by atoms with Crippen LogP contribution in [-0.4, -0.2) is 31.8 Å². The van der Waals surface area contributed by atoms with E-state index in [9.17, 15) is 13.2 Å². The summed E-state index contributed by atoms with van der Waals surface area (Å²) in [4.78, 5) is 10.5. The number of benzene rings is 1. The first-order valence-electron chi connectivity index (χ1n) is 5.52. The summed E-state index contributed by atoms with van der Waals surface area (Å²) in [6.07, 6.45) is 0.837. The molecule has 0 saturated carbocycles. The van der Waals surface area contributed by atoms with Crippen molar-refractivity contribution < 1.29 is 18.3 Å². The maximum atomic E-state index is 11.6. The molecule has 1 heterocycles. The van der Waals surface area contributed by atoms with Gasteiger partial charge in [-0.25, -0.2) is 8.42 Å². The summed E-state index contributed by atoms with van der Waals surface area (Å²) >= 11 is 0. The average Bonchev–Trinajstić information content (AvgIpc) is 2.27. The predicted octanol–water partition coefficient (Wildman–Crippen LogP) is 0.159. The van der Waals surface area contributed by atoms with Crippen molar-refractivity contribution in [2.45, 2.75) is 13.0 Å². The highest BCUT2D eigenvalue weighted by Crippen LogP contribution is 2.23. The van der Waals surface area contributed by atoms with E-state index < -0.39 is 21.7 Å². The minimum Gasteiger partial charge on any atom is -0.480 e. The molecule has 98 valence electrons. The van der Waals surface area contributed by atoms with Gasteiger partial charge in [-0.1, -0.05) is 12.1 Å². The second-order valence-corrected chi connectivity index (χ2v) is 5.85. The molecule has 3 N–H and O–H groups in total. The third-order valence-electron chi connectivity index (χ3n) is 2.72. The third-order valence-corrected chi connectivity index (χ3v) is 3.88. The summed E-state index contributed by atoms with van der Waals surface area (Å²) < 4.78 is 25.5. The Morgan fingerprint density at radius 3 is 2.94 bits per heavy atom. The summed E-state index contributed by atoms with van der Waals surface area (Å²) in [5, 5.41) is 11.7. The zero-order chi connectivity index (χ0) is 13.2. The number of anilines is 1. The highest BCUT2D eigenvalue weighted by Gasteiger charge is 2.19. The molecule has 2 rings (SSSR count). The van der Waals surface area contributed by atoms with Gasteiger partial charge in [0.1, 0.15) is 0 Å². The molecule has 0 aliphatic carbocycles. The molecule has 0 saturated heterocycles. The van der Waals surface area contributed by atoms with Crippen molar-refractivity contribution in [3.05, 3.63) is 29.3 Å². The number of fused-ring (bicyclic) bond motifs is 1. The molecule has 0 aromatic heterocycles. The van der Waals surface area contributed by atoms with Crippen LogP contribution in [0.2, 0.25) is 0 Å². The fourth-order valence-electron chi connectivity index (χ4n) is 1.98. The van der Waals surface area contributed by atoms with Crippen molar-refractivity contribution in [2.24, 2.45) is 0 Å². The molecule has 1 aromatic carbocycles. The molecule has 0 amide bonds. The standard InChI is InChI=1S/C11H14N2O4S/c14-11(15)7-18(16,17)13-10-3-1-2-8-4-5-12-6-9(8)10/h1-3,12-13H,4-7H2,(H,14,15). The van der Waals surface area contributed by atoms with Gasteiger partial charge in [-0.15, -0.1) is 0 Å². The SMILES string of the molecule is O=C(O)CS(=O)(=O)Nc1cccc2c1CNCC2. The van der Waals surface area contributed by atoms with E-state index in [-0.39, 0.29) is 0 Å². The first kappa shape index (κ1) is 12.8. The second-order valence-electron chi connectivity index (χ2n) is 4.12. The van der Waals surface area contributed by atoms with Crippen LogP contribution in [0, 0.1) is 0 Å². The molecule has 7 heteroatoms. The lowest BCUT2D eigenvalue weighted by Gasteiger charge is -2.20. The van der Waals surface area contributed by atoms with E-state index in [1.165, 1.54) is 0 Å². The number of rotatable bonds is 4. The van der Waals surface area contributed by atoms with Crippen molar-refractivity contribution in [1.29, 1.82) is 0 Å². The summed E-state index contributed by atoms with van der Waals surface area (Å²) in [5.74, 6) is -2.30. The van der Waals surface area contributed by atoms with E-state index in [4.69, 9.17) is 5.11 Å². The zero-order valence-corrected chi connectivity index (χ0v) is 10.5. The third kappa shape index (κ3) is 2.99. The number of nitrogens with one attached hydrogen (secondary N) is 2. The van der Waals surface area contributed by atoms with Crippen LogP contribution in [0.25, 0.3) is 0 Å². The molecular formula is C11H14N2O4S. The van der Waals surface area contributed by atoms with Gasteiger partial charge in [0.05, 0.1) is 5.69 Å². The van der Waals surface area contributed by atoms with Crippen molar-refractivity contribution >= 4 is 21.7 Å². The number of aliphatic carboxylic acids is 1. The van der Waals surface area contributed by atoms with Crippen molar-refractivity contribution in [2.75, 3.05) is 17.0 Å². The van der Waals surface area contributed by atoms with E-state index in [0.717, 1.165) is 24.1 Å². The lowest BCUT2D eigenvalue weighted by atomic mass is 10.00. The molecule has 0 fully saturated rings. The van der Waals surface area contributed by atoms with Crippen LogP contribution in [0.4, 0.5) is 5.69 Å². The van der Waals surface area contributed by atoms with Gasteiger partial charge in [-0.2, -0.15) is 0 Å². The van der Waals surface area contributed by atoms with Crippen LogP contribution >= 0.6 is 0 Å². The van der Waals surface area contributed by atoms with Crippen LogP contribution in [0.15, 0.2) is 18.2 Å². The maximum absolute atomic E-state index is 11.6. The summed E-state index contributed by atoms with van der Waals surface area (Å²) in [5.41, 5.74) is 2.43. The Morgan fingerprint density at radius 2 is 2.22 bits per heavy atom. The summed E-state index contributed by atoms with van der Waals surface area (Å²) in [7, 11) is -3.84. The Labute approximate surface area is 105 Å². The fraction of sp³-hybridized carbons (Fsp3) is 0.364. The number of carboxylic acid groups (broad SMARTS) is 1. The van der Waals surface area contributed by atoms with Crippen molar-refractivity contribution in [1.82, 2.24) is 5.32 Å². The van der Waals surface area contributed by atoms with Crippen LogP contribution < -0.4 is 10.0 Å². The first-order valence-corrected chi connectivity index (χ1v) is 7.17. The lowest BCUT2D eigenvalue weighted by molar-refractivity contribution is -0.134. The van der Waals surface area contributed by atoms with Crippen LogP contribution in [0.3, 0.4) is 0 Å². The van der Waals surface area contributed by atoms with Gasteiger partial charge in [0, 0.05) is 6.54 Å². The van der Waals surface area contributed by atoms with Gasteiger partial charge >= 0.3 is 5.97 Å². The molecule has 0 radical (unpaired) electrons. The normalized spacial score (nSPS) is 14.9. The second kappa shape index (κ2) is 4.95. The Kier molecular flexibility index (Phi) is 3.53. The van der Waals surface area contributed by atoms with Crippen LogP contribution in [-0.2, 0) is 27.8 Å². The molecule has 6 nitrogen and oxygen atoms in total. The average molecular weight is 270 g/mol. The van der Waals surface area contributed by atoms with Gasteiger partial charge in [0.2, 0.25) is 10.0 Å². The highest BCUT2D eigenvalue weighted by molar-refractivity contribution is 7.93. The fourth-order valence-corrected chi connectivity index (χ4v) is 2.90. The Hall–Kier alpha value is -1.60. The molecule has 1 aromatic rings.